The van der Waals surface area contributed by atoms with Gasteiger partial charge in [-0.25, -0.2) is 9.97 Å². The van der Waals surface area contributed by atoms with Crippen LogP contribution in [0.2, 0.25) is 0 Å². The number of aromatic nitrogens is 4. The van der Waals surface area contributed by atoms with Crippen LogP contribution in [-0.2, 0) is 17.9 Å². The molecule has 0 aliphatic heterocycles. The summed E-state index contributed by atoms with van der Waals surface area (Å²) in [4.78, 5) is 35.6. The van der Waals surface area contributed by atoms with Crippen molar-refractivity contribution in [2.24, 2.45) is 0 Å². The van der Waals surface area contributed by atoms with Crippen LogP contribution >= 0.6 is 0 Å². The maximum Gasteiger partial charge on any atom is 0.261 e. The highest BCUT2D eigenvalue weighted by molar-refractivity contribution is 5.77. The van der Waals surface area contributed by atoms with Crippen molar-refractivity contribution in [2.45, 2.75) is 32.9 Å². The fourth-order valence-corrected chi connectivity index (χ4v) is 2.51. The smallest absolute Gasteiger partial charge is 0.261 e. The third-order valence-corrected chi connectivity index (χ3v) is 3.92. The molecule has 0 saturated carbocycles. The molecule has 0 aliphatic carbocycles. The van der Waals surface area contributed by atoms with E-state index in [-0.39, 0.29) is 11.5 Å². The number of nitrogens with zero attached hydrogens (tertiary/aromatic N) is 3. The lowest BCUT2D eigenvalue weighted by Gasteiger charge is -2.07. The molecule has 0 spiro atoms. The van der Waals surface area contributed by atoms with Crippen molar-refractivity contribution < 1.29 is 4.79 Å². The number of H-pyrrole nitrogens is 1. The molecule has 2 heterocycles. The summed E-state index contributed by atoms with van der Waals surface area (Å²) < 4.78 is 1.55. The number of rotatable bonds is 6. The first-order chi connectivity index (χ1) is 11.6. The molecule has 0 fully saturated rings. The first-order valence-electron chi connectivity index (χ1n) is 7.85. The van der Waals surface area contributed by atoms with Crippen molar-refractivity contribution in [3.05, 3.63) is 58.7 Å². The highest BCUT2D eigenvalue weighted by atomic mass is 16.1. The Bertz CT molecular complexity index is 912. The van der Waals surface area contributed by atoms with Crippen LogP contribution in [-0.4, -0.2) is 25.4 Å². The van der Waals surface area contributed by atoms with Crippen molar-refractivity contribution >= 4 is 16.8 Å². The summed E-state index contributed by atoms with van der Waals surface area (Å²) in [6.45, 7) is 2.78. The van der Waals surface area contributed by atoms with Crippen molar-refractivity contribution in [3.63, 3.8) is 0 Å². The second kappa shape index (κ2) is 7.08. The number of carbonyl (C=O) groups is 1. The Morgan fingerprint density at radius 3 is 2.92 bits per heavy atom. The fourth-order valence-electron chi connectivity index (χ4n) is 2.51. The predicted molar refractivity (Wildman–Crippen MR) is 90.4 cm³/mol. The fraction of sp³-hybridized carbons (Fsp3) is 0.294. The average Bonchev–Trinajstić information content (AvgIpc) is 3.00. The Morgan fingerprint density at radius 2 is 2.12 bits per heavy atom. The zero-order chi connectivity index (χ0) is 16.9. The third-order valence-electron chi connectivity index (χ3n) is 3.92. The lowest BCUT2D eigenvalue weighted by Crippen LogP contribution is -2.25. The molecule has 3 rings (SSSR count). The van der Waals surface area contributed by atoms with Gasteiger partial charge in [0.05, 0.1) is 35.8 Å². The minimum atomic E-state index is -0.0758. The number of aryl methyl sites for hydroxylation is 2. The van der Waals surface area contributed by atoms with Gasteiger partial charge in [0.15, 0.2) is 0 Å². The molecular weight excluding hydrogens is 306 g/mol. The second-order valence-electron chi connectivity index (χ2n) is 5.61. The maximum atomic E-state index is 12.3. The standard InChI is InChI=1S/C17H19N5O2/c1-12-15(20-10-19-12)9-18-16(23)7-4-8-22-11-21-14-6-3-2-5-13(14)17(22)24/h2-3,5-6,10-11H,4,7-9H2,1H3,(H,18,23)(H,19,20). The predicted octanol–water partition coefficient (Wildman–Crippen LogP) is 1.52. The third kappa shape index (κ3) is 3.51. The number of amides is 1. The summed E-state index contributed by atoms with van der Waals surface area (Å²) in [5.74, 6) is -0.0563. The number of benzene rings is 1. The topological polar surface area (TPSA) is 92.7 Å². The summed E-state index contributed by atoms with van der Waals surface area (Å²) in [5, 5.41) is 3.43. The van der Waals surface area contributed by atoms with E-state index in [1.807, 2.05) is 25.1 Å². The van der Waals surface area contributed by atoms with Gasteiger partial charge in [-0.3, -0.25) is 14.2 Å². The molecule has 1 amide bonds. The molecule has 24 heavy (non-hydrogen) atoms. The maximum absolute atomic E-state index is 12.3. The number of aromatic amines is 1. The Hall–Kier alpha value is -2.96. The summed E-state index contributed by atoms with van der Waals surface area (Å²) >= 11 is 0. The molecule has 0 bridgehead atoms. The summed E-state index contributed by atoms with van der Waals surface area (Å²) in [6.07, 6.45) is 4.07. The van der Waals surface area contributed by atoms with E-state index in [1.54, 1.807) is 17.0 Å². The molecule has 0 saturated heterocycles. The minimum Gasteiger partial charge on any atom is -0.350 e. The van der Waals surface area contributed by atoms with E-state index in [9.17, 15) is 9.59 Å². The highest BCUT2D eigenvalue weighted by Crippen LogP contribution is 2.05. The number of carbonyl (C=O) groups excluding carboxylic acids is 1. The molecule has 1 aromatic carbocycles. The van der Waals surface area contributed by atoms with Gasteiger partial charge in [0, 0.05) is 18.7 Å². The van der Waals surface area contributed by atoms with Crippen LogP contribution in [0.3, 0.4) is 0 Å². The second-order valence-corrected chi connectivity index (χ2v) is 5.61. The molecule has 124 valence electrons. The molecule has 0 aliphatic rings. The van der Waals surface area contributed by atoms with Crippen molar-refractivity contribution in [3.8, 4) is 0 Å². The van der Waals surface area contributed by atoms with E-state index in [0.717, 1.165) is 11.4 Å². The zero-order valence-electron chi connectivity index (χ0n) is 13.5. The SMILES string of the molecule is Cc1[nH]cnc1CNC(=O)CCCn1cnc2ccccc2c1=O. The highest BCUT2D eigenvalue weighted by Gasteiger charge is 2.07. The normalized spacial score (nSPS) is 10.9. The molecule has 3 aromatic rings. The Balaban J connectivity index is 1.53. The lowest BCUT2D eigenvalue weighted by atomic mass is 10.2. The van der Waals surface area contributed by atoms with E-state index < -0.39 is 0 Å². The van der Waals surface area contributed by atoms with Gasteiger partial charge in [-0.15, -0.1) is 0 Å². The van der Waals surface area contributed by atoms with Crippen LogP contribution in [0.1, 0.15) is 24.2 Å². The summed E-state index contributed by atoms with van der Waals surface area (Å²) in [6, 6.07) is 7.25. The van der Waals surface area contributed by atoms with E-state index in [4.69, 9.17) is 0 Å². The molecule has 0 atom stereocenters. The van der Waals surface area contributed by atoms with Gasteiger partial charge in [-0.2, -0.15) is 0 Å². The van der Waals surface area contributed by atoms with E-state index >= 15 is 0 Å². The summed E-state index contributed by atoms with van der Waals surface area (Å²) in [5.41, 5.74) is 2.39. The minimum absolute atomic E-state index is 0.0563. The van der Waals surface area contributed by atoms with Gasteiger partial charge in [-0.1, -0.05) is 12.1 Å². The first-order valence-corrected chi connectivity index (χ1v) is 7.85. The van der Waals surface area contributed by atoms with E-state index in [0.29, 0.717) is 36.8 Å². The Labute approximate surface area is 138 Å². The Kier molecular flexibility index (Phi) is 4.69. The van der Waals surface area contributed by atoms with Gasteiger partial charge in [0.2, 0.25) is 5.91 Å². The van der Waals surface area contributed by atoms with Gasteiger partial charge < -0.3 is 10.3 Å². The van der Waals surface area contributed by atoms with Crippen LogP contribution in [0.5, 0.6) is 0 Å². The average molecular weight is 325 g/mol. The molecule has 2 N–H and O–H groups in total. The van der Waals surface area contributed by atoms with Crippen molar-refractivity contribution in [1.82, 2.24) is 24.8 Å². The number of para-hydroxylation sites is 1. The quantitative estimate of drug-likeness (QED) is 0.719. The van der Waals surface area contributed by atoms with Crippen LogP contribution in [0, 0.1) is 6.92 Å². The monoisotopic (exact) mass is 325 g/mol. The number of hydrogen-bond acceptors (Lipinski definition) is 4. The van der Waals surface area contributed by atoms with Crippen LogP contribution < -0.4 is 10.9 Å². The largest absolute Gasteiger partial charge is 0.350 e. The molecular formula is C17H19N5O2. The Morgan fingerprint density at radius 1 is 1.29 bits per heavy atom. The van der Waals surface area contributed by atoms with E-state index in [2.05, 4.69) is 20.3 Å². The lowest BCUT2D eigenvalue weighted by molar-refractivity contribution is -0.121. The van der Waals surface area contributed by atoms with Crippen LogP contribution in [0.4, 0.5) is 0 Å². The van der Waals surface area contributed by atoms with Gasteiger partial charge in [0.1, 0.15) is 0 Å². The van der Waals surface area contributed by atoms with E-state index in [1.165, 1.54) is 6.33 Å². The van der Waals surface area contributed by atoms with Gasteiger partial charge in [-0.05, 0) is 25.5 Å². The molecule has 7 heteroatoms. The first kappa shape index (κ1) is 15.9. The molecule has 0 unspecified atom stereocenters. The number of fused-ring (bicyclic) bond motifs is 1. The van der Waals surface area contributed by atoms with Gasteiger partial charge >= 0.3 is 0 Å². The summed E-state index contributed by atoms with van der Waals surface area (Å²) in [7, 11) is 0. The molecule has 0 radical (unpaired) electrons. The molecule has 2 aromatic heterocycles. The number of nitrogens with one attached hydrogen (secondary N) is 2. The van der Waals surface area contributed by atoms with Crippen molar-refractivity contribution in [2.75, 3.05) is 0 Å². The zero-order valence-corrected chi connectivity index (χ0v) is 13.5. The number of imidazole rings is 1. The number of hydrogen-bond donors (Lipinski definition) is 2. The van der Waals surface area contributed by atoms with Crippen molar-refractivity contribution in [1.29, 1.82) is 0 Å². The van der Waals surface area contributed by atoms with Crippen LogP contribution in [0.25, 0.3) is 10.9 Å². The molecule has 7 nitrogen and oxygen atoms in total. The van der Waals surface area contributed by atoms with Gasteiger partial charge in [0.25, 0.3) is 5.56 Å². The van der Waals surface area contributed by atoms with Crippen LogP contribution in [0.15, 0.2) is 41.7 Å².